The summed E-state index contributed by atoms with van der Waals surface area (Å²) in [6.07, 6.45) is -0.902. The first kappa shape index (κ1) is 23.6. The smallest absolute Gasteiger partial charge is 0.329 e. The Morgan fingerprint density at radius 2 is 2.03 bits per heavy atom. The summed E-state index contributed by atoms with van der Waals surface area (Å²) in [6, 6.07) is 14.6. The Kier molecular flexibility index (Phi) is 7.28. The van der Waals surface area contributed by atoms with Crippen LogP contribution in [0.3, 0.4) is 0 Å². The summed E-state index contributed by atoms with van der Waals surface area (Å²) in [6.45, 7) is 0.422. The van der Waals surface area contributed by atoms with Crippen LogP contribution in [0.15, 0.2) is 72.5 Å². The SMILES string of the molecule is Cn1c2c(c(=O)[nH]c1=O)N(CC(O)COc1ccc(Cl)cc1)CC(Sc1cccc(Br)c1)=N2. The van der Waals surface area contributed by atoms with Crippen LogP contribution in [0.1, 0.15) is 0 Å². The highest BCUT2D eigenvalue weighted by atomic mass is 79.9. The van der Waals surface area contributed by atoms with Gasteiger partial charge in [0.05, 0.1) is 11.6 Å². The summed E-state index contributed by atoms with van der Waals surface area (Å²) in [5.74, 6) is 0.823. The highest BCUT2D eigenvalue weighted by molar-refractivity contribution is 9.10. The molecule has 0 fully saturated rings. The van der Waals surface area contributed by atoms with E-state index in [-0.39, 0.29) is 24.7 Å². The average Bonchev–Trinajstić information content (AvgIpc) is 2.77. The van der Waals surface area contributed by atoms with Gasteiger partial charge in [-0.25, -0.2) is 9.79 Å². The van der Waals surface area contributed by atoms with Crippen LogP contribution >= 0.6 is 39.3 Å². The van der Waals surface area contributed by atoms with Gasteiger partial charge in [0, 0.05) is 28.0 Å². The third kappa shape index (κ3) is 5.70. The molecule has 1 aromatic heterocycles. The summed E-state index contributed by atoms with van der Waals surface area (Å²) in [5, 5.41) is 11.9. The first-order valence-corrected chi connectivity index (χ1v) is 11.9. The highest BCUT2D eigenvalue weighted by Crippen LogP contribution is 2.32. The lowest BCUT2D eigenvalue weighted by Gasteiger charge is -2.31. The van der Waals surface area contributed by atoms with E-state index in [0.29, 0.717) is 22.4 Å². The molecule has 1 unspecified atom stereocenters. The third-order valence-corrected chi connectivity index (χ3v) is 6.55. The number of fused-ring (bicyclic) bond motifs is 1. The molecule has 0 aliphatic carbocycles. The first-order chi connectivity index (χ1) is 15.8. The number of hydrogen-bond donors (Lipinski definition) is 2. The van der Waals surface area contributed by atoms with Crippen LogP contribution in [0.2, 0.25) is 5.02 Å². The molecule has 3 aromatic rings. The summed E-state index contributed by atoms with van der Waals surface area (Å²) in [5.41, 5.74) is -0.863. The summed E-state index contributed by atoms with van der Waals surface area (Å²) in [7, 11) is 1.55. The zero-order chi connectivity index (χ0) is 23.5. The van der Waals surface area contributed by atoms with Gasteiger partial charge in [-0.15, -0.1) is 0 Å². The van der Waals surface area contributed by atoms with Crippen LogP contribution in [-0.2, 0) is 7.05 Å². The second-order valence-electron chi connectivity index (χ2n) is 7.35. The molecule has 1 atom stereocenters. The van der Waals surface area contributed by atoms with E-state index < -0.39 is 17.4 Å². The topological polar surface area (TPSA) is 99.9 Å². The van der Waals surface area contributed by atoms with Gasteiger partial charge in [-0.2, -0.15) is 0 Å². The maximum atomic E-state index is 12.6. The number of nitrogens with one attached hydrogen (secondary N) is 1. The molecule has 1 aliphatic heterocycles. The van der Waals surface area contributed by atoms with Crippen molar-refractivity contribution in [2.75, 3.05) is 24.6 Å². The average molecular weight is 552 g/mol. The largest absolute Gasteiger partial charge is 0.491 e. The lowest BCUT2D eigenvalue weighted by Crippen LogP contribution is -2.44. The minimum atomic E-state index is -0.902. The van der Waals surface area contributed by atoms with E-state index in [4.69, 9.17) is 16.3 Å². The van der Waals surface area contributed by atoms with E-state index in [1.165, 1.54) is 16.3 Å². The Morgan fingerprint density at radius 3 is 2.76 bits per heavy atom. The number of β-amino-alcohol motifs (C(OH)–C–C–N with tert-alkyl or cyclic N) is 1. The number of nitrogens with zero attached hydrogens (tertiary/aromatic N) is 3. The number of aliphatic hydroxyl groups is 1. The van der Waals surface area contributed by atoms with Crippen LogP contribution in [0.5, 0.6) is 5.75 Å². The molecule has 0 bridgehead atoms. The van der Waals surface area contributed by atoms with Crippen molar-refractivity contribution in [2.24, 2.45) is 12.0 Å². The molecule has 0 spiro atoms. The molecule has 0 saturated carbocycles. The lowest BCUT2D eigenvalue weighted by molar-refractivity contribution is 0.112. The Hall–Kier alpha value is -2.53. The van der Waals surface area contributed by atoms with Crippen molar-refractivity contribution in [1.82, 2.24) is 9.55 Å². The maximum absolute atomic E-state index is 12.6. The third-order valence-electron chi connectivity index (χ3n) is 4.86. The Labute approximate surface area is 207 Å². The van der Waals surface area contributed by atoms with Crippen LogP contribution in [0, 0.1) is 0 Å². The van der Waals surface area contributed by atoms with Crippen molar-refractivity contribution >= 4 is 55.8 Å². The summed E-state index contributed by atoms with van der Waals surface area (Å²) < 4.78 is 7.87. The Balaban J connectivity index is 1.57. The second-order valence-corrected chi connectivity index (χ2v) is 9.85. The standard InChI is InChI=1S/C22H20BrClN4O4S/c1-27-20-19(21(30)26-22(27)31)28(10-15(29)12-32-16-7-5-14(24)6-8-16)11-18(25-20)33-17-4-2-3-13(23)9-17/h2-9,15,29H,10-12H2,1H3,(H,26,30,31). The number of thioether (sulfide) groups is 1. The van der Waals surface area contributed by atoms with Gasteiger partial charge >= 0.3 is 5.69 Å². The van der Waals surface area contributed by atoms with E-state index in [1.807, 2.05) is 24.3 Å². The van der Waals surface area contributed by atoms with Crippen molar-refractivity contribution in [3.63, 3.8) is 0 Å². The van der Waals surface area contributed by atoms with E-state index >= 15 is 0 Å². The number of aromatic amines is 1. The van der Waals surface area contributed by atoms with Crippen LogP contribution in [0.4, 0.5) is 11.5 Å². The molecule has 0 saturated heterocycles. The van der Waals surface area contributed by atoms with E-state index in [9.17, 15) is 14.7 Å². The van der Waals surface area contributed by atoms with Crippen LogP contribution in [0.25, 0.3) is 0 Å². The number of H-pyrrole nitrogens is 1. The minimum Gasteiger partial charge on any atom is -0.491 e. The van der Waals surface area contributed by atoms with Crippen molar-refractivity contribution in [1.29, 1.82) is 0 Å². The van der Waals surface area contributed by atoms with Gasteiger partial charge in [0.25, 0.3) is 5.56 Å². The molecule has 2 aromatic carbocycles. The number of benzene rings is 2. The maximum Gasteiger partial charge on any atom is 0.329 e. The number of halogens is 2. The normalized spacial score (nSPS) is 13.9. The van der Waals surface area contributed by atoms with E-state index in [2.05, 4.69) is 25.9 Å². The molecule has 8 nitrogen and oxygen atoms in total. The first-order valence-electron chi connectivity index (χ1n) is 9.96. The second kappa shape index (κ2) is 10.2. The molecular weight excluding hydrogens is 532 g/mol. The van der Waals surface area contributed by atoms with Gasteiger partial charge in [0.1, 0.15) is 24.1 Å². The van der Waals surface area contributed by atoms with E-state index in [1.54, 1.807) is 36.2 Å². The molecular formula is C22H20BrClN4O4S. The number of aliphatic imine (C=N–C) groups is 1. The number of ether oxygens (including phenoxy) is 1. The van der Waals surface area contributed by atoms with Gasteiger partial charge in [-0.3, -0.25) is 14.3 Å². The van der Waals surface area contributed by atoms with Crippen molar-refractivity contribution in [3.8, 4) is 5.75 Å². The van der Waals surface area contributed by atoms with Crippen molar-refractivity contribution in [2.45, 2.75) is 11.0 Å². The van der Waals surface area contributed by atoms with Crippen molar-refractivity contribution in [3.05, 3.63) is 78.9 Å². The van der Waals surface area contributed by atoms with Gasteiger partial charge in [-0.05, 0) is 42.5 Å². The molecule has 11 heteroatoms. The highest BCUT2D eigenvalue weighted by Gasteiger charge is 2.27. The molecule has 0 radical (unpaired) electrons. The number of aliphatic hydroxyl groups excluding tert-OH is 1. The fraction of sp³-hybridized carbons (Fsp3) is 0.227. The fourth-order valence-corrected chi connectivity index (χ4v) is 4.95. The number of hydrogen-bond acceptors (Lipinski definition) is 7. The molecule has 172 valence electrons. The van der Waals surface area contributed by atoms with Gasteiger partial charge in [0.2, 0.25) is 0 Å². The predicted octanol–water partition coefficient (Wildman–Crippen LogP) is 3.57. The lowest BCUT2D eigenvalue weighted by atomic mass is 10.2. The predicted molar refractivity (Wildman–Crippen MR) is 135 cm³/mol. The van der Waals surface area contributed by atoms with Gasteiger partial charge in [-0.1, -0.05) is 45.4 Å². The zero-order valence-electron chi connectivity index (χ0n) is 17.5. The molecule has 4 rings (SSSR count). The van der Waals surface area contributed by atoms with Gasteiger partial charge in [0.15, 0.2) is 5.82 Å². The zero-order valence-corrected chi connectivity index (χ0v) is 20.7. The molecule has 0 amide bonds. The molecule has 2 heterocycles. The molecule has 2 N–H and O–H groups in total. The quantitative estimate of drug-likeness (QED) is 0.486. The van der Waals surface area contributed by atoms with Crippen molar-refractivity contribution < 1.29 is 9.84 Å². The Bertz CT molecular complexity index is 1310. The Morgan fingerprint density at radius 1 is 1.27 bits per heavy atom. The fourth-order valence-electron chi connectivity index (χ4n) is 3.31. The van der Waals surface area contributed by atoms with Crippen LogP contribution < -0.4 is 20.9 Å². The monoisotopic (exact) mass is 550 g/mol. The summed E-state index contributed by atoms with van der Waals surface area (Å²) >= 11 is 10.8. The van der Waals surface area contributed by atoms with Gasteiger partial charge < -0.3 is 14.7 Å². The van der Waals surface area contributed by atoms with E-state index in [0.717, 1.165) is 9.37 Å². The molecule has 1 aliphatic rings. The number of anilines is 1. The molecule has 33 heavy (non-hydrogen) atoms. The minimum absolute atomic E-state index is 0.0163. The summed E-state index contributed by atoms with van der Waals surface area (Å²) in [4.78, 5) is 34.4. The number of aromatic nitrogens is 2. The van der Waals surface area contributed by atoms with Crippen LogP contribution in [-0.4, -0.2) is 45.5 Å². The number of rotatable bonds is 6.